The van der Waals surface area contributed by atoms with Crippen LogP contribution in [0.3, 0.4) is 0 Å². The van der Waals surface area contributed by atoms with E-state index in [-0.39, 0.29) is 76.4 Å². The van der Waals surface area contributed by atoms with Gasteiger partial charge in [0.05, 0.1) is 31.5 Å². The van der Waals surface area contributed by atoms with Crippen molar-refractivity contribution in [3.63, 3.8) is 0 Å². The quantitative estimate of drug-likeness (QED) is 0.0637. The Morgan fingerprint density at radius 1 is 1.00 bits per heavy atom. The van der Waals surface area contributed by atoms with E-state index in [1.54, 1.807) is 36.1 Å². The average molecular weight is 885 g/mol. The molecule has 2 N–H and O–H groups in total. The molecule has 14 heteroatoms. The summed E-state index contributed by atoms with van der Waals surface area (Å²) >= 11 is 0. The standard InChI is InChI=1S/C50H61FN2O11/c1-3-24-62-50-45(53(49(56)57-4-2)30-33-18-20-43-44(26-33)61-32-60-43)29-41(52-64-46-17-9-12-25-58-46)38-27-34(13-7-10-22-54)37(15-8-11-23-55)47(48(38)50)39-28-36(19-21-42(39)63-50)59-31-35-14-5-6-16-40(35)51/h3,5-6,14,16,18-21,26-28,34,37,45-48,54-55H,1,4,7-13,15,17,22-25,29-32H2,2H3. The van der Waals surface area contributed by atoms with Crippen LogP contribution < -0.4 is 18.9 Å². The second-order valence-electron chi connectivity index (χ2n) is 17.1. The number of nitrogens with zero attached hydrogens (tertiary/aromatic N) is 2. The van der Waals surface area contributed by atoms with Gasteiger partial charge in [-0.3, -0.25) is 4.90 Å². The lowest BCUT2D eigenvalue weighted by Gasteiger charge is -2.59. The van der Waals surface area contributed by atoms with Crippen LogP contribution in [0.25, 0.3) is 0 Å². The third-order valence-corrected chi connectivity index (χ3v) is 13.1. The predicted molar refractivity (Wildman–Crippen MR) is 235 cm³/mol. The molecule has 3 aromatic carbocycles. The minimum atomic E-state index is -1.51. The molecule has 8 rings (SSSR count). The van der Waals surface area contributed by atoms with Crippen LogP contribution in [0, 0.1) is 23.6 Å². The van der Waals surface area contributed by atoms with Gasteiger partial charge in [0.2, 0.25) is 18.9 Å². The van der Waals surface area contributed by atoms with Crippen molar-refractivity contribution in [2.24, 2.45) is 22.9 Å². The number of ether oxygens (including phenoxy) is 7. The van der Waals surface area contributed by atoms with Gasteiger partial charge in [-0.05, 0) is 105 Å². The van der Waals surface area contributed by atoms with Gasteiger partial charge in [-0.25, -0.2) is 9.18 Å². The van der Waals surface area contributed by atoms with E-state index in [0.29, 0.717) is 60.1 Å². The van der Waals surface area contributed by atoms with Crippen molar-refractivity contribution in [3.05, 3.63) is 107 Å². The highest BCUT2D eigenvalue weighted by Crippen LogP contribution is 2.62. The second-order valence-corrected chi connectivity index (χ2v) is 17.1. The van der Waals surface area contributed by atoms with Gasteiger partial charge in [-0.2, -0.15) is 0 Å². The molecule has 1 saturated heterocycles. The van der Waals surface area contributed by atoms with Crippen LogP contribution in [0.15, 0.2) is 90.1 Å². The summed E-state index contributed by atoms with van der Waals surface area (Å²) in [5.41, 5.74) is 3.63. The summed E-state index contributed by atoms with van der Waals surface area (Å²) in [6.07, 6.45) is 10.0. The van der Waals surface area contributed by atoms with Crippen molar-refractivity contribution >= 4 is 11.8 Å². The molecular weight excluding hydrogens is 824 g/mol. The van der Waals surface area contributed by atoms with Gasteiger partial charge >= 0.3 is 6.09 Å². The normalized spacial score (nSPS) is 25.9. The van der Waals surface area contributed by atoms with Crippen LogP contribution >= 0.6 is 0 Å². The zero-order valence-corrected chi connectivity index (χ0v) is 36.7. The summed E-state index contributed by atoms with van der Waals surface area (Å²) < 4.78 is 58.8. The highest BCUT2D eigenvalue weighted by atomic mass is 19.1. The zero-order chi connectivity index (χ0) is 44.5. The number of carbonyl (C=O) groups is 1. The number of amides is 1. The lowest BCUT2D eigenvalue weighted by Crippen LogP contribution is -2.70. The third-order valence-electron chi connectivity index (χ3n) is 13.1. The molecule has 5 aliphatic rings. The first kappa shape index (κ1) is 45.4. The van der Waals surface area contributed by atoms with E-state index in [1.165, 1.54) is 6.07 Å². The zero-order valence-electron chi connectivity index (χ0n) is 36.7. The number of hydrogen-bond acceptors (Lipinski definition) is 12. The number of aliphatic hydroxyl groups is 2. The number of benzene rings is 3. The van der Waals surface area contributed by atoms with Crippen molar-refractivity contribution in [2.75, 3.05) is 39.8 Å². The van der Waals surface area contributed by atoms with E-state index in [0.717, 1.165) is 55.2 Å². The number of fused-ring (bicyclic) bond motifs is 3. The van der Waals surface area contributed by atoms with Crippen LogP contribution in [0.4, 0.5) is 9.18 Å². The maximum Gasteiger partial charge on any atom is 0.410 e. The van der Waals surface area contributed by atoms with Gasteiger partial charge in [0.1, 0.15) is 30.0 Å². The molecule has 2 aliphatic carbocycles. The fourth-order valence-corrected chi connectivity index (χ4v) is 10.2. The summed E-state index contributed by atoms with van der Waals surface area (Å²) in [6, 6.07) is 17.0. The van der Waals surface area contributed by atoms with Gasteiger partial charge in [0.25, 0.3) is 0 Å². The maximum atomic E-state index is 14.8. The van der Waals surface area contributed by atoms with Gasteiger partial charge in [-0.15, -0.1) is 6.58 Å². The molecule has 3 aliphatic heterocycles. The van der Waals surface area contributed by atoms with Crippen molar-refractivity contribution in [3.8, 4) is 23.0 Å². The van der Waals surface area contributed by atoms with E-state index in [9.17, 15) is 19.4 Å². The summed E-state index contributed by atoms with van der Waals surface area (Å²) in [4.78, 5) is 22.5. The second kappa shape index (κ2) is 21.2. The SMILES string of the molecule is C=CCOC12Oc3ccc(OCc4ccccc4F)cc3C3C(CCCCO)C(CCCCO)C=C(C(=NOC4CCCCO4)CC1N(Cc1ccc4c(c1)OCO4)C(=O)OCC)C32. The van der Waals surface area contributed by atoms with Gasteiger partial charge in [0, 0.05) is 49.6 Å². The summed E-state index contributed by atoms with van der Waals surface area (Å²) in [5, 5.41) is 24.9. The molecule has 0 aromatic heterocycles. The topological polar surface area (TPSA) is 147 Å². The Kier molecular flexibility index (Phi) is 15.1. The van der Waals surface area contributed by atoms with Gasteiger partial charge < -0.3 is 48.2 Å². The van der Waals surface area contributed by atoms with E-state index in [1.807, 2.05) is 36.4 Å². The monoisotopic (exact) mass is 884 g/mol. The van der Waals surface area contributed by atoms with Crippen LogP contribution in [0.5, 0.6) is 23.0 Å². The molecule has 2 fully saturated rings. The average Bonchev–Trinajstić information content (AvgIpc) is 3.79. The highest BCUT2D eigenvalue weighted by Gasteiger charge is 2.65. The molecule has 3 heterocycles. The van der Waals surface area contributed by atoms with E-state index in [4.69, 9.17) is 43.2 Å². The van der Waals surface area contributed by atoms with Crippen LogP contribution in [-0.4, -0.2) is 84.9 Å². The number of carbonyl (C=O) groups excluding carboxylic acids is 1. The largest absolute Gasteiger partial charge is 0.489 e. The fourth-order valence-electron chi connectivity index (χ4n) is 10.2. The van der Waals surface area contributed by atoms with E-state index in [2.05, 4.69) is 12.7 Å². The highest BCUT2D eigenvalue weighted by molar-refractivity contribution is 6.03. The van der Waals surface area contributed by atoms with E-state index >= 15 is 0 Å². The molecule has 0 spiro atoms. The maximum absolute atomic E-state index is 14.8. The lowest BCUT2D eigenvalue weighted by atomic mass is 9.55. The van der Waals surface area contributed by atoms with Crippen LogP contribution in [0.1, 0.15) is 93.7 Å². The molecule has 1 saturated carbocycles. The molecule has 1 amide bonds. The first-order valence-electron chi connectivity index (χ1n) is 22.9. The number of oxime groups is 1. The number of aliphatic hydroxyl groups excluding tert-OH is 2. The first-order valence-corrected chi connectivity index (χ1v) is 22.9. The van der Waals surface area contributed by atoms with Crippen LogP contribution in [0.2, 0.25) is 0 Å². The molecule has 7 unspecified atom stereocenters. The summed E-state index contributed by atoms with van der Waals surface area (Å²) in [6.45, 7) is 7.00. The first-order chi connectivity index (χ1) is 31.4. The summed E-state index contributed by atoms with van der Waals surface area (Å²) in [5.74, 6) is -0.392. The Bertz CT molecular complexity index is 2140. The molecular formula is C50H61FN2O11. The Hall–Kier alpha value is -5.15. The number of halogens is 1. The molecule has 3 aromatic rings. The summed E-state index contributed by atoms with van der Waals surface area (Å²) in [7, 11) is 0. The van der Waals surface area contributed by atoms with Gasteiger partial charge in [-0.1, -0.05) is 54.4 Å². The van der Waals surface area contributed by atoms with Crippen molar-refractivity contribution in [1.82, 2.24) is 4.90 Å². The van der Waals surface area contributed by atoms with Gasteiger partial charge in [0.15, 0.2) is 11.5 Å². The number of allylic oxidation sites excluding steroid dienone is 1. The molecule has 64 heavy (non-hydrogen) atoms. The Labute approximate surface area is 374 Å². The molecule has 344 valence electrons. The minimum absolute atomic E-state index is 0.0114. The number of unbranched alkanes of at least 4 members (excludes halogenated alkanes) is 2. The van der Waals surface area contributed by atoms with E-state index < -0.39 is 30.1 Å². The Morgan fingerprint density at radius 2 is 1.81 bits per heavy atom. The Morgan fingerprint density at radius 3 is 2.59 bits per heavy atom. The molecule has 7 atom stereocenters. The minimum Gasteiger partial charge on any atom is -0.489 e. The van der Waals surface area contributed by atoms with Crippen molar-refractivity contribution in [1.29, 1.82) is 0 Å². The smallest absolute Gasteiger partial charge is 0.410 e. The van der Waals surface area contributed by atoms with Crippen LogP contribution in [-0.2, 0) is 32.2 Å². The number of hydrogen-bond donors (Lipinski definition) is 2. The lowest BCUT2D eigenvalue weighted by molar-refractivity contribution is -0.256. The van der Waals surface area contributed by atoms with Crippen molar-refractivity contribution < 1.29 is 57.4 Å². The van der Waals surface area contributed by atoms with Crippen molar-refractivity contribution in [2.45, 2.75) is 108 Å². The predicted octanol–water partition coefficient (Wildman–Crippen LogP) is 8.95. The molecule has 0 radical (unpaired) electrons. The number of rotatable bonds is 20. The molecule has 0 bridgehead atoms. The Balaban J connectivity index is 1.31. The molecule has 13 nitrogen and oxygen atoms in total. The third kappa shape index (κ3) is 9.75. The fraction of sp³-hybridized carbons (Fsp3) is 0.520.